The van der Waals surface area contributed by atoms with Gasteiger partial charge in [0, 0.05) is 18.3 Å². The fourth-order valence-corrected chi connectivity index (χ4v) is 4.69. The zero-order chi connectivity index (χ0) is 13.1. The van der Waals surface area contributed by atoms with Crippen LogP contribution in [-0.4, -0.2) is 21.6 Å². The van der Waals surface area contributed by atoms with Crippen molar-refractivity contribution in [3.8, 4) is 0 Å². The number of hydrogen-bond donors (Lipinski definition) is 2. The lowest BCUT2D eigenvalue weighted by atomic mass is 9.77. The van der Waals surface area contributed by atoms with E-state index in [9.17, 15) is 10.2 Å². The molecular weight excluding hydrogens is 228 g/mol. The monoisotopic (exact) mass is 252 g/mol. The summed E-state index contributed by atoms with van der Waals surface area (Å²) in [6, 6.07) is 0. The molecule has 0 aromatic carbocycles. The zero-order valence-electron chi connectivity index (χ0n) is 11.5. The molecular formula is C15H24O3. The van der Waals surface area contributed by atoms with Gasteiger partial charge in [0.15, 0.2) is 5.79 Å². The fraction of sp³-hybridized carbons (Fsp3) is 0.867. The van der Waals surface area contributed by atoms with Crippen molar-refractivity contribution in [3.63, 3.8) is 0 Å². The highest BCUT2D eigenvalue weighted by Crippen LogP contribution is 2.63. The van der Waals surface area contributed by atoms with Crippen LogP contribution in [0.2, 0.25) is 0 Å². The number of aliphatic hydroxyl groups is 2. The van der Waals surface area contributed by atoms with Crippen LogP contribution in [0.5, 0.6) is 0 Å². The minimum Gasteiger partial charge on any atom is -0.516 e. The van der Waals surface area contributed by atoms with Crippen molar-refractivity contribution in [1.29, 1.82) is 0 Å². The van der Waals surface area contributed by atoms with Gasteiger partial charge >= 0.3 is 0 Å². The van der Waals surface area contributed by atoms with Gasteiger partial charge in [-0.05, 0) is 36.7 Å². The zero-order valence-corrected chi connectivity index (χ0v) is 11.5. The Hall–Kier alpha value is -0.540. The second-order valence-corrected chi connectivity index (χ2v) is 6.87. The Morgan fingerprint density at radius 3 is 2.72 bits per heavy atom. The highest BCUT2D eigenvalue weighted by atomic mass is 16.6. The van der Waals surface area contributed by atoms with Crippen molar-refractivity contribution in [1.82, 2.24) is 0 Å². The smallest absolute Gasteiger partial charge is 0.173 e. The van der Waals surface area contributed by atoms with Crippen LogP contribution in [0.15, 0.2) is 11.8 Å². The summed E-state index contributed by atoms with van der Waals surface area (Å²) < 4.78 is 6.22. The molecule has 3 aliphatic rings. The van der Waals surface area contributed by atoms with Gasteiger partial charge < -0.3 is 14.9 Å². The summed E-state index contributed by atoms with van der Waals surface area (Å²) in [6.07, 6.45) is 4.85. The molecule has 2 saturated heterocycles. The van der Waals surface area contributed by atoms with Crippen molar-refractivity contribution in [2.24, 2.45) is 23.7 Å². The van der Waals surface area contributed by atoms with Gasteiger partial charge in [-0.1, -0.05) is 20.8 Å². The third kappa shape index (κ3) is 1.38. The maximum atomic E-state index is 10.8. The molecule has 3 heteroatoms. The average Bonchev–Trinajstić information content (AvgIpc) is 2.75. The lowest BCUT2D eigenvalue weighted by molar-refractivity contribution is -0.269. The minimum atomic E-state index is -1.06. The van der Waals surface area contributed by atoms with Crippen LogP contribution in [-0.2, 0) is 4.74 Å². The van der Waals surface area contributed by atoms with E-state index < -0.39 is 5.79 Å². The fourth-order valence-electron chi connectivity index (χ4n) is 4.69. The highest BCUT2D eigenvalue weighted by Gasteiger charge is 2.66. The summed E-state index contributed by atoms with van der Waals surface area (Å²) in [4.78, 5) is 0. The van der Waals surface area contributed by atoms with Crippen molar-refractivity contribution in [3.05, 3.63) is 11.8 Å². The molecule has 5 unspecified atom stereocenters. The van der Waals surface area contributed by atoms with Gasteiger partial charge in [-0.15, -0.1) is 0 Å². The molecule has 2 heterocycles. The van der Waals surface area contributed by atoms with E-state index in [1.807, 2.05) is 0 Å². The Labute approximate surface area is 109 Å². The van der Waals surface area contributed by atoms with E-state index in [0.29, 0.717) is 24.2 Å². The first-order chi connectivity index (χ1) is 8.43. The second-order valence-electron chi connectivity index (χ2n) is 6.87. The molecule has 0 radical (unpaired) electrons. The summed E-state index contributed by atoms with van der Waals surface area (Å²) in [5.74, 6) is 0.297. The predicted molar refractivity (Wildman–Crippen MR) is 68.9 cm³/mol. The van der Waals surface area contributed by atoms with Crippen LogP contribution < -0.4 is 0 Å². The summed E-state index contributed by atoms with van der Waals surface area (Å²) >= 11 is 0. The molecule has 3 rings (SSSR count). The maximum absolute atomic E-state index is 10.8. The highest BCUT2D eigenvalue weighted by molar-refractivity contribution is 5.25. The molecule has 102 valence electrons. The minimum absolute atomic E-state index is 0.179. The van der Waals surface area contributed by atoms with Crippen LogP contribution >= 0.6 is 0 Å². The van der Waals surface area contributed by atoms with Gasteiger partial charge in [0.2, 0.25) is 0 Å². The number of aliphatic hydroxyl groups excluding tert-OH is 1. The van der Waals surface area contributed by atoms with Gasteiger partial charge in [0.25, 0.3) is 0 Å². The molecule has 2 N–H and O–H groups in total. The Kier molecular flexibility index (Phi) is 2.59. The van der Waals surface area contributed by atoms with E-state index in [2.05, 4.69) is 20.8 Å². The first-order valence-electron chi connectivity index (χ1n) is 7.18. The van der Waals surface area contributed by atoms with E-state index >= 15 is 0 Å². The molecule has 5 atom stereocenters. The van der Waals surface area contributed by atoms with Crippen LogP contribution in [0.1, 0.15) is 46.5 Å². The van der Waals surface area contributed by atoms with Gasteiger partial charge in [-0.25, -0.2) is 0 Å². The van der Waals surface area contributed by atoms with E-state index in [4.69, 9.17) is 4.74 Å². The molecule has 3 nitrogen and oxygen atoms in total. The summed E-state index contributed by atoms with van der Waals surface area (Å²) in [5, 5.41) is 20.3. The largest absolute Gasteiger partial charge is 0.516 e. The number of fused-ring (bicyclic) bond motifs is 1. The first-order valence-corrected chi connectivity index (χ1v) is 7.18. The third-order valence-electron chi connectivity index (χ3n) is 5.67. The summed E-state index contributed by atoms with van der Waals surface area (Å²) in [6.45, 7) is 6.53. The van der Waals surface area contributed by atoms with Crippen LogP contribution in [0.25, 0.3) is 0 Å². The third-order valence-corrected chi connectivity index (χ3v) is 5.67. The van der Waals surface area contributed by atoms with Crippen LogP contribution in [0, 0.1) is 23.7 Å². The van der Waals surface area contributed by atoms with Crippen molar-refractivity contribution < 1.29 is 14.9 Å². The van der Waals surface area contributed by atoms with Crippen molar-refractivity contribution in [2.75, 3.05) is 0 Å². The van der Waals surface area contributed by atoms with Crippen molar-refractivity contribution >= 4 is 0 Å². The van der Waals surface area contributed by atoms with Crippen LogP contribution in [0.3, 0.4) is 0 Å². The van der Waals surface area contributed by atoms with E-state index in [1.54, 1.807) is 0 Å². The average molecular weight is 252 g/mol. The molecule has 0 amide bonds. The first kappa shape index (κ1) is 12.5. The Balaban J connectivity index is 2.06. The molecule has 3 fully saturated rings. The molecule has 2 bridgehead atoms. The number of hydrogen-bond acceptors (Lipinski definition) is 3. The van der Waals surface area contributed by atoms with Crippen molar-refractivity contribution in [2.45, 2.75) is 57.8 Å². The predicted octanol–water partition coefficient (Wildman–Crippen LogP) is 3.00. The lowest BCUT2D eigenvalue weighted by Gasteiger charge is -2.43. The SMILES string of the molecule is CC(C)C1CC23OC1(O)C/C(=C\O)C2CCC3C. The van der Waals surface area contributed by atoms with Gasteiger partial charge in [0.1, 0.15) is 0 Å². The Morgan fingerprint density at radius 2 is 2.11 bits per heavy atom. The molecule has 2 aliphatic heterocycles. The second kappa shape index (κ2) is 3.73. The molecule has 1 spiro atoms. The summed E-state index contributed by atoms with van der Waals surface area (Å²) in [7, 11) is 0. The van der Waals surface area contributed by atoms with Crippen LogP contribution in [0.4, 0.5) is 0 Å². The topological polar surface area (TPSA) is 49.7 Å². The molecule has 18 heavy (non-hydrogen) atoms. The van der Waals surface area contributed by atoms with E-state index in [-0.39, 0.29) is 11.5 Å². The number of ether oxygens (including phenoxy) is 1. The van der Waals surface area contributed by atoms with Gasteiger partial charge in [0.05, 0.1) is 11.9 Å². The number of rotatable bonds is 1. The molecule has 1 saturated carbocycles. The van der Waals surface area contributed by atoms with Gasteiger partial charge in [-0.2, -0.15) is 0 Å². The van der Waals surface area contributed by atoms with Gasteiger partial charge in [-0.3, -0.25) is 0 Å². The Bertz CT molecular complexity index is 389. The molecule has 0 aromatic heterocycles. The lowest BCUT2D eigenvalue weighted by Crippen LogP contribution is -2.48. The molecule has 1 aliphatic carbocycles. The normalized spacial score (nSPS) is 53.2. The quantitative estimate of drug-likeness (QED) is 0.705. The summed E-state index contributed by atoms with van der Waals surface area (Å²) in [5.41, 5.74) is 0.771. The van der Waals surface area contributed by atoms with E-state index in [0.717, 1.165) is 24.8 Å². The standard InChI is InChI=1S/C15H24O3/c1-9(2)13-7-14-10(3)4-5-12(14)11(8-16)6-15(13,17)18-14/h8-10,12-13,16-17H,4-7H2,1-3H3/b11-8+. The molecule has 0 aromatic rings. The Morgan fingerprint density at radius 1 is 1.39 bits per heavy atom. The van der Waals surface area contributed by atoms with E-state index in [1.165, 1.54) is 6.26 Å². The maximum Gasteiger partial charge on any atom is 0.173 e.